The fourth-order valence-corrected chi connectivity index (χ4v) is 3.57. The summed E-state index contributed by atoms with van der Waals surface area (Å²) in [5.41, 5.74) is 0. The van der Waals surface area contributed by atoms with Gasteiger partial charge in [0.1, 0.15) is 0 Å². The average molecular weight is 324 g/mol. The highest BCUT2D eigenvalue weighted by Crippen LogP contribution is 2.19. The maximum atomic E-state index is 4.89. The van der Waals surface area contributed by atoms with Gasteiger partial charge in [0.05, 0.1) is 0 Å². The van der Waals surface area contributed by atoms with Crippen molar-refractivity contribution in [2.45, 2.75) is 52.6 Å². The molecule has 0 aromatic carbocycles. The minimum Gasteiger partial charge on any atom is -0.357 e. The van der Waals surface area contributed by atoms with Gasteiger partial charge in [-0.25, -0.2) is 0 Å². The molecule has 0 radical (unpaired) electrons. The quantitative estimate of drug-likeness (QED) is 0.596. The summed E-state index contributed by atoms with van der Waals surface area (Å²) in [7, 11) is 2.22. The standard InChI is InChI=1S/C18H37N5/c1-6-19-18(20-11-16-7-9-22(5)10-8-16)21-17-13-23(14(2)3)12-15(17)4/h14-17H,6-13H2,1-5H3,(H2,19,20,21). The Morgan fingerprint density at radius 2 is 1.91 bits per heavy atom. The predicted molar refractivity (Wildman–Crippen MR) is 99.0 cm³/mol. The zero-order valence-corrected chi connectivity index (χ0v) is 15.8. The largest absolute Gasteiger partial charge is 0.357 e. The second kappa shape index (κ2) is 8.88. The van der Waals surface area contributed by atoms with Gasteiger partial charge in [-0.15, -0.1) is 0 Å². The van der Waals surface area contributed by atoms with Crippen LogP contribution < -0.4 is 10.6 Å². The fraction of sp³-hybridized carbons (Fsp3) is 0.944. The minimum atomic E-state index is 0.507. The van der Waals surface area contributed by atoms with E-state index in [9.17, 15) is 0 Å². The van der Waals surface area contributed by atoms with Crippen molar-refractivity contribution >= 4 is 5.96 Å². The van der Waals surface area contributed by atoms with Gasteiger partial charge in [0.25, 0.3) is 0 Å². The maximum Gasteiger partial charge on any atom is 0.191 e. The summed E-state index contributed by atoms with van der Waals surface area (Å²) in [6.45, 7) is 15.7. The Morgan fingerprint density at radius 1 is 1.22 bits per heavy atom. The molecule has 0 aromatic heterocycles. The van der Waals surface area contributed by atoms with Gasteiger partial charge in [0.15, 0.2) is 5.96 Å². The smallest absolute Gasteiger partial charge is 0.191 e. The van der Waals surface area contributed by atoms with Crippen molar-refractivity contribution < 1.29 is 0 Å². The SMILES string of the molecule is CCNC(=NCC1CCN(C)CC1)NC1CN(C(C)C)CC1C. The van der Waals surface area contributed by atoms with E-state index in [2.05, 4.69) is 55.2 Å². The summed E-state index contributed by atoms with van der Waals surface area (Å²) in [4.78, 5) is 9.87. The normalized spacial score (nSPS) is 28.5. The van der Waals surface area contributed by atoms with Crippen LogP contribution in [-0.2, 0) is 0 Å². The number of guanidine groups is 1. The number of hydrogen-bond donors (Lipinski definition) is 2. The summed E-state index contributed by atoms with van der Waals surface area (Å²) in [5.74, 6) is 2.42. The number of piperidine rings is 1. The van der Waals surface area contributed by atoms with Crippen LogP contribution in [0.4, 0.5) is 0 Å². The topological polar surface area (TPSA) is 42.9 Å². The summed E-state index contributed by atoms with van der Waals surface area (Å²) >= 11 is 0. The molecule has 2 heterocycles. The highest BCUT2D eigenvalue weighted by atomic mass is 15.3. The Morgan fingerprint density at radius 3 is 2.48 bits per heavy atom. The van der Waals surface area contributed by atoms with E-state index in [0.29, 0.717) is 18.0 Å². The fourth-order valence-electron chi connectivity index (χ4n) is 3.57. The van der Waals surface area contributed by atoms with Gasteiger partial charge < -0.3 is 15.5 Å². The number of likely N-dealkylation sites (tertiary alicyclic amines) is 2. The molecule has 2 aliphatic heterocycles. The van der Waals surface area contributed by atoms with Crippen LogP contribution >= 0.6 is 0 Å². The predicted octanol–water partition coefficient (Wildman–Crippen LogP) is 1.61. The average Bonchev–Trinajstić information content (AvgIpc) is 2.88. The molecule has 134 valence electrons. The molecular formula is C18H37N5. The third-order valence-electron chi connectivity index (χ3n) is 5.38. The summed E-state index contributed by atoms with van der Waals surface area (Å²) in [6, 6.07) is 1.13. The first-order valence-electron chi connectivity index (χ1n) is 9.47. The van der Waals surface area contributed by atoms with Crippen molar-refractivity contribution in [2.75, 3.05) is 46.3 Å². The second-order valence-electron chi connectivity index (χ2n) is 7.74. The molecule has 2 fully saturated rings. The molecule has 0 spiro atoms. The number of nitrogens with one attached hydrogen (secondary N) is 2. The van der Waals surface area contributed by atoms with Crippen molar-refractivity contribution in [1.29, 1.82) is 0 Å². The molecule has 23 heavy (non-hydrogen) atoms. The van der Waals surface area contributed by atoms with Crippen molar-refractivity contribution in [2.24, 2.45) is 16.8 Å². The van der Waals surface area contributed by atoms with Crippen LogP contribution in [0.25, 0.3) is 0 Å². The van der Waals surface area contributed by atoms with E-state index in [-0.39, 0.29) is 0 Å². The van der Waals surface area contributed by atoms with Crippen LogP contribution in [0.1, 0.15) is 40.5 Å². The number of aliphatic imine (C=N–C) groups is 1. The third-order valence-corrected chi connectivity index (χ3v) is 5.38. The molecule has 2 saturated heterocycles. The lowest BCUT2D eigenvalue weighted by Gasteiger charge is -2.28. The second-order valence-corrected chi connectivity index (χ2v) is 7.74. The zero-order chi connectivity index (χ0) is 16.8. The minimum absolute atomic E-state index is 0.507. The van der Waals surface area contributed by atoms with Crippen LogP contribution in [0.3, 0.4) is 0 Å². The lowest BCUT2D eigenvalue weighted by molar-refractivity contribution is 0.223. The molecule has 0 aliphatic carbocycles. The zero-order valence-electron chi connectivity index (χ0n) is 15.8. The van der Waals surface area contributed by atoms with Crippen LogP contribution in [0.2, 0.25) is 0 Å². The van der Waals surface area contributed by atoms with Crippen LogP contribution in [0.5, 0.6) is 0 Å². The number of nitrogens with zero attached hydrogens (tertiary/aromatic N) is 3. The highest BCUT2D eigenvalue weighted by molar-refractivity contribution is 5.80. The lowest BCUT2D eigenvalue weighted by atomic mass is 9.97. The molecule has 2 aliphatic rings. The maximum absolute atomic E-state index is 4.89. The molecule has 0 saturated carbocycles. The van der Waals surface area contributed by atoms with Crippen LogP contribution in [-0.4, -0.2) is 74.2 Å². The van der Waals surface area contributed by atoms with Gasteiger partial charge in [0, 0.05) is 38.3 Å². The Hall–Kier alpha value is -0.810. The lowest BCUT2D eigenvalue weighted by Crippen LogP contribution is -2.47. The Balaban J connectivity index is 1.86. The highest BCUT2D eigenvalue weighted by Gasteiger charge is 2.31. The number of hydrogen-bond acceptors (Lipinski definition) is 3. The summed E-state index contributed by atoms with van der Waals surface area (Å²) < 4.78 is 0. The molecule has 2 unspecified atom stereocenters. The first kappa shape index (κ1) is 18.5. The molecule has 0 bridgehead atoms. The molecule has 2 N–H and O–H groups in total. The molecule has 0 amide bonds. The summed E-state index contributed by atoms with van der Waals surface area (Å²) in [5, 5.41) is 7.12. The van der Waals surface area contributed by atoms with Gasteiger partial charge in [0.2, 0.25) is 0 Å². The first-order chi connectivity index (χ1) is 11.0. The van der Waals surface area contributed by atoms with Gasteiger partial charge in [-0.2, -0.15) is 0 Å². The molecule has 2 atom stereocenters. The van der Waals surface area contributed by atoms with Crippen molar-refractivity contribution in [3.8, 4) is 0 Å². The van der Waals surface area contributed by atoms with E-state index in [0.717, 1.165) is 31.5 Å². The Bertz CT molecular complexity index is 374. The molecule has 5 nitrogen and oxygen atoms in total. The van der Waals surface area contributed by atoms with Crippen LogP contribution in [0, 0.1) is 11.8 Å². The summed E-state index contributed by atoms with van der Waals surface area (Å²) in [6.07, 6.45) is 2.56. The van der Waals surface area contributed by atoms with E-state index in [4.69, 9.17) is 4.99 Å². The Kier molecular flexibility index (Phi) is 7.15. The third kappa shape index (κ3) is 5.64. The first-order valence-corrected chi connectivity index (χ1v) is 9.47. The Labute approximate surface area is 142 Å². The molecule has 2 rings (SSSR count). The van der Waals surface area contributed by atoms with E-state index in [1.807, 2.05) is 0 Å². The van der Waals surface area contributed by atoms with Gasteiger partial charge in [-0.3, -0.25) is 9.89 Å². The van der Waals surface area contributed by atoms with Crippen molar-refractivity contribution in [3.05, 3.63) is 0 Å². The number of rotatable bonds is 5. The molecular weight excluding hydrogens is 286 g/mol. The van der Waals surface area contributed by atoms with Crippen molar-refractivity contribution in [3.63, 3.8) is 0 Å². The molecule has 5 heteroatoms. The molecule has 0 aromatic rings. The monoisotopic (exact) mass is 323 g/mol. The van der Waals surface area contributed by atoms with Gasteiger partial charge >= 0.3 is 0 Å². The van der Waals surface area contributed by atoms with Crippen LogP contribution in [0.15, 0.2) is 4.99 Å². The van der Waals surface area contributed by atoms with E-state index in [1.165, 1.54) is 32.5 Å². The van der Waals surface area contributed by atoms with E-state index >= 15 is 0 Å². The van der Waals surface area contributed by atoms with Crippen molar-refractivity contribution in [1.82, 2.24) is 20.4 Å². The van der Waals surface area contributed by atoms with E-state index < -0.39 is 0 Å². The van der Waals surface area contributed by atoms with Gasteiger partial charge in [-0.1, -0.05) is 6.92 Å². The van der Waals surface area contributed by atoms with Gasteiger partial charge in [-0.05, 0) is 65.6 Å². The van der Waals surface area contributed by atoms with E-state index in [1.54, 1.807) is 0 Å².